The molecule has 1 amide bonds. The Hall–Kier alpha value is -2.10. The van der Waals surface area contributed by atoms with Gasteiger partial charge in [0.25, 0.3) is 0 Å². The van der Waals surface area contributed by atoms with Crippen LogP contribution in [-0.4, -0.2) is 10.5 Å². The van der Waals surface area contributed by atoms with E-state index >= 15 is 0 Å². The van der Waals surface area contributed by atoms with Crippen LogP contribution in [0.25, 0.3) is 0 Å². The number of hydrogen-bond acceptors (Lipinski definition) is 1. The zero-order valence-electron chi connectivity index (χ0n) is 20.3. The van der Waals surface area contributed by atoms with Crippen LogP contribution in [0.1, 0.15) is 87.7 Å². The fraction of sp³-hybridized carbons (Fsp3) is 0.667. The number of carbonyl (C=O) groups excluding carboxylic acids is 1. The highest BCUT2D eigenvalue weighted by atomic mass is 16.2. The summed E-state index contributed by atoms with van der Waals surface area (Å²) in [6, 6.07) is 10.1. The third kappa shape index (κ3) is 2.89. The van der Waals surface area contributed by atoms with Crippen LogP contribution in [0.4, 0.5) is 5.69 Å². The van der Waals surface area contributed by atoms with Crippen molar-refractivity contribution in [2.75, 3.05) is 5.32 Å². The Labute approximate surface area is 203 Å². The molecule has 0 atom stereocenters. The van der Waals surface area contributed by atoms with Crippen molar-refractivity contribution in [1.82, 2.24) is 4.57 Å². The Balaban J connectivity index is 1.25. The first-order valence-corrected chi connectivity index (χ1v) is 14.1. The molecule has 0 unspecified atom stereocenters. The van der Waals surface area contributed by atoms with Crippen LogP contribution >= 0.6 is 0 Å². The SMILES string of the molecule is O=C(Nc1ccccc1)c1n(C23CC4CC(CC(C4)C2)C3)cc[n+]1C12CC3CC(CC(C3)C1)C2. The van der Waals surface area contributed by atoms with Crippen molar-refractivity contribution in [3.63, 3.8) is 0 Å². The lowest BCUT2D eigenvalue weighted by Crippen LogP contribution is -2.67. The summed E-state index contributed by atoms with van der Waals surface area (Å²) in [7, 11) is 0. The average molecular weight is 457 g/mol. The van der Waals surface area contributed by atoms with Crippen LogP contribution in [0.15, 0.2) is 42.7 Å². The van der Waals surface area contributed by atoms with Gasteiger partial charge in [-0.25, -0.2) is 9.13 Å². The Morgan fingerprint density at radius 1 is 0.765 bits per heavy atom. The number of imidazole rings is 1. The Morgan fingerprint density at radius 3 is 1.79 bits per heavy atom. The predicted molar refractivity (Wildman–Crippen MR) is 131 cm³/mol. The summed E-state index contributed by atoms with van der Waals surface area (Å²) in [6.45, 7) is 0. The van der Waals surface area contributed by atoms with Gasteiger partial charge in [0.15, 0.2) is 0 Å². The van der Waals surface area contributed by atoms with Crippen LogP contribution < -0.4 is 9.88 Å². The van der Waals surface area contributed by atoms with E-state index in [-0.39, 0.29) is 17.0 Å². The molecule has 1 aromatic carbocycles. The summed E-state index contributed by atoms with van der Waals surface area (Å²) in [5, 5.41) is 3.31. The number of carbonyl (C=O) groups is 1. The summed E-state index contributed by atoms with van der Waals surface area (Å²) >= 11 is 0. The highest BCUT2D eigenvalue weighted by Gasteiger charge is 2.59. The van der Waals surface area contributed by atoms with Gasteiger partial charge in [-0.05, 0) is 125 Å². The molecule has 8 aliphatic rings. The van der Waals surface area contributed by atoms with Crippen LogP contribution in [0.2, 0.25) is 0 Å². The molecule has 1 heterocycles. The Bertz CT molecular complexity index is 999. The molecule has 34 heavy (non-hydrogen) atoms. The first-order valence-electron chi connectivity index (χ1n) is 14.1. The van der Waals surface area contributed by atoms with Crippen molar-refractivity contribution < 1.29 is 9.36 Å². The molecule has 1 aromatic heterocycles. The monoisotopic (exact) mass is 456 g/mol. The molecule has 8 bridgehead atoms. The average Bonchev–Trinajstić information content (AvgIpc) is 3.25. The smallest absolute Gasteiger partial charge is 0.315 e. The molecule has 4 heteroatoms. The fourth-order valence-electron chi connectivity index (χ4n) is 10.8. The maximum Gasteiger partial charge on any atom is 0.349 e. The second-order valence-electron chi connectivity index (χ2n) is 13.5. The second kappa shape index (κ2) is 6.98. The lowest BCUT2D eigenvalue weighted by Gasteiger charge is -2.55. The van der Waals surface area contributed by atoms with Crippen molar-refractivity contribution in [2.24, 2.45) is 35.5 Å². The maximum absolute atomic E-state index is 14.2. The van der Waals surface area contributed by atoms with Crippen molar-refractivity contribution in [3.05, 3.63) is 48.5 Å². The first-order chi connectivity index (χ1) is 16.6. The summed E-state index contributed by atoms with van der Waals surface area (Å²) in [5.41, 5.74) is 1.22. The summed E-state index contributed by atoms with van der Waals surface area (Å²) in [4.78, 5) is 14.2. The van der Waals surface area contributed by atoms with E-state index in [9.17, 15) is 4.79 Å². The minimum absolute atomic E-state index is 0.0997. The van der Waals surface area contributed by atoms with Gasteiger partial charge >= 0.3 is 11.7 Å². The maximum atomic E-state index is 14.2. The topological polar surface area (TPSA) is 37.9 Å². The van der Waals surface area contributed by atoms with Gasteiger partial charge in [0.2, 0.25) is 0 Å². The number of para-hydroxylation sites is 1. The summed E-state index contributed by atoms with van der Waals surface area (Å²) < 4.78 is 5.04. The molecule has 8 saturated carbocycles. The van der Waals surface area contributed by atoms with Gasteiger partial charge in [-0.2, -0.15) is 0 Å². The number of nitrogens with zero attached hydrogens (tertiary/aromatic N) is 2. The van der Waals surface area contributed by atoms with E-state index in [1.165, 1.54) is 77.0 Å². The zero-order chi connectivity index (χ0) is 22.5. The molecular formula is C30H38N3O+. The van der Waals surface area contributed by atoms with Crippen molar-refractivity contribution in [1.29, 1.82) is 0 Å². The summed E-state index contributed by atoms with van der Waals surface area (Å²) in [5.74, 6) is 6.26. The largest absolute Gasteiger partial charge is 0.349 e. The standard InChI is InChI=1S/C30H37N3O/c34-27(31-26-4-2-1-3-5-26)28-32(29-14-20-8-21(15-29)10-22(9-20)16-29)6-7-33(28)30-17-23-11-24(18-30)13-25(12-23)19-30/h1-7,20-25H,8-19H2/p+1. The molecule has 4 nitrogen and oxygen atoms in total. The second-order valence-corrected chi connectivity index (χ2v) is 13.5. The predicted octanol–water partition coefficient (Wildman–Crippen LogP) is 5.88. The lowest BCUT2D eigenvalue weighted by molar-refractivity contribution is -0.777. The van der Waals surface area contributed by atoms with E-state index in [2.05, 4.69) is 26.8 Å². The first kappa shape index (κ1) is 20.1. The third-order valence-electron chi connectivity index (χ3n) is 11.1. The minimum atomic E-state index is 0.0997. The van der Waals surface area contributed by atoms with Crippen molar-refractivity contribution in [2.45, 2.75) is 88.1 Å². The number of rotatable bonds is 4. The minimum Gasteiger partial charge on any atom is -0.315 e. The van der Waals surface area contributed by atoms with E-state index in [0.29, 0.717) is 0 Å². The van der Waals surface area contributed by atoms with Crippen molar-refractivity contribution >= 4 is 11.6 Å². The van der Waals surface area contributed by atoms with Gasteiger partial charge in [-0.1, -0.05) is 18.2 Å². The molecule has 8 aliphatic carbocycles. The van der Waals surface area contributed by atoms with Crippen LogP contribution in [0.3, 0.4) is 0 Å². The third-order valence-corrected chi connectivity index (χ3v) is 11.1. The normalized spacial score (nSPS) is 43.4. The van der Waals surface area contributed by atoms with E-state index in [4.69, 9.17) is 0 Å². The molecule has 10 rings (SSSR count). The molecule has 8 fully saturated rings. The number of nitrogens with one attached hydrogen (secondary N) is 1. The van der Waals surface area contributed by atoms with Crippen LogP contribution in [-0.2, 0) is 11.1 Å². The molecule has 1 N–H and O–H groups in total. The van der Waals surface area contributed by atoms with Gasteiger partial charge < -0.3 is 5.32 Å². The van der Waals surface area contributed by atoms with Gasteiger partial charge in [-0.3, -0.25) is 4.79 Å². The molecule has 0 spiro atoms. The molecule has 0 aliphatic heterocycles. The quantitative estimate of drug-likeness (QED) is 0.573. The number of amides is 1. The van der Waals surface area contributed by atoms with E-state index in [1.807, 2.05) is 30.3 Å². The Morgan fingerprint density at radius 2 is 1.26 bits per heavy atom. The van der Waals surface area contributed by atoms with Gasteiger partial charge in [-0.15, -0.1) is 0 Å². The molecular weight excluding hydrogens is 418 g/mol. The van der Waals surface area contributed by atoms with Crippen LogP contribution in [0.5, 0.6) is 0 Å². The number of benzene rings is 1. The van der Waals surface area contributed by atoms with E-state index in [1.54, 1.807) is 0 Å². The number of aromatic nitrogens is 2. The highest BCUT2D eigenvalue weighted by molar-refractivity contribution is 6.00. The van der Waals surface area contributed by atoms with E-state index < -0.39 is 0 Å². The van der Waals surface area contributed by atoms with E-state index in [0.717, 1.165) is 47.0 Å². The number of hydrogen-bond donors (Lipinski definition) is 1. The fourth-order valence-corrected chi connectivity index (χ4v) is 10.8. The summed E-state index contributed by atoms with van der Waals surface area (Å²) in [6.07, 6.45) is 20.9. The van der Waals surface area contributed by atoms with Gasteiger partial charge in [0.05, 0.1) is 0 Å². The molecule has 2 aromatic rings. The molecule has 178 valence electrons. The molecule has 0 radical (unpaired) electrons. The lowest BCUT2D eigenvalue weighted by atomic mass is 9.52. The van der Waals surface area contributed by atoms with Crippen LogP contribution in [0, 0.1) is 35.5 Å². The number of anilines is 1. The van der Waals surface area contributed by atoms with Crippen molar-refractivity contribution in [3.8, 4) is 0 Å². The van der Waals surface area contributed by atoms with Gasteiger partial charge in [0, 0.05) is 5.69 Å². The Kier molecular flexibility index (Phi) is 4.13. The molecule has 0 saturated heterocycles. The zero-order valence-corrected chi connectivity index (χ0v) is 20.3. The van der Waals surface area contributed by atoms with Gasteiger partial charge in [0.1, 0.15) is 23.5 Å². The highest BCUT2D eigenvalue weighted by Crippen LogP contribution is 2.60.